The van der Waals surface area contributed by atoms with Gasteiger partial charge in [0.25, 0.3) is 0 Å². The number of hydrogen-bond acceptors (Lipinski definition) is 1. The first-order valence-electron chi connectivity index (χ1n) is 3.81. The molecule has 0 saturated carbocycles. The van der Waals surface area contributed by atoms with Gasteiger partial charge in [0.05, 0.1) is 16.1 Å². The molecule has 0 atom stereocenters. The van der Waals surface area contributed by atoms with Crippen LogP contribution in [0.1, 0.15) is 22.8 Å². The van der Waals surface area contributed by atoms with Gasteiger partial charge in [-0.3, -0.25) is 4.79 Å². The molecule has 0 spiro atoms. The summed E-state index contributed by atoms with van der Waals surface area (Å²) in [5.74, 6) is -1.90. The van der Waals surface area contributed by atoms with Crippen LogP contribution in [0.15, 0.2) is 12.1 Å². The van der Waals surface area contributed by atoms with E-state index in [2.05, 4.69) is 0 Å². The van der Waals surface area contributed by atoms with Crippen LogP contribution in [0.25, 0.3) is 0 Å². The van der Waals surface area contributed by atoms with Crippen LogP contribution in [0, 0.1) is 5.82 Å². The van der Waals surface area contributed by atoms with Gasteiger partial charge >= 0.3 is 6.18 Å². The smallest absolute Gasteiger partial charge is 0.294 e. The Balaban J connectivity index is 3.49. The summed E-state index contributed by atoms with van der Waals surface area (Å²) < 4.78 is 49.9. The summed E-state index contributed by atoms with van der Waals surface area (Å²) in [6, 6.07) is 1.08. The van der Waals surface area contributed by atoms with Crippen molar-refractivity contribution in [3.63, 3.8) is 0 Å². The van der Waals surface area contributed by atoms with Gasteiger partial charge in [0.2, 0.25) is 0 Å². The van der Waals surface area contributed by atoms with Crippen LogP contribution in [0.2, 0.25) is 5.02 Å². The lowest BCUT2D eigenvalue weighted by molar-refractivity contribution is -0.137. The fourth-order valence-electron chi connectivity index (χ4n) is 1.09. The summed E-state index contributed by atoms with van der Waals surface area (Å²) in [5, 5.41) is -0.894. The molecule has 0 fully saturated rings. The quantitative estimate of drug-likeness (QED) is 0.540. The Hall–Kier alpha value is -1.10. The summed E-state index contributed by atoms with van der Waals surface area (Å²) in [4.78, 5) is 10.9. The van der Waals surface area contributed by atoms with Crippen LogP contribution < -0.4 is 0 Å². The van der Waals surface area contributed by atoms with Crippen LogP contribution >= 0.6 is 11.6 Å². The molecule has 1 aromatic rings. The molecule has 0 saturated heterocycles. The first-order chi connectivity index (χ1) is 6.75. The van der Waals surface area contributed by atoms with Crippen molar-refractivity contribution >= 4 is 17.4 Å². The van der Waals surface area contributed by atoms with Crippen molar-refractivity contribution in [1.29, 1.82) is 0 Å². The highest BCUT2D eigenvalue weighted by Gasteiger charge is 2.35. The van der Waals surface area contributed by atoms with E-state index >= 15 is 0 Å². The lowest BCUT2D eigenvalue weighted by Crippen LogP contribution is -2.10. The zero-order valence-electron chi connectivity index (χ0n) is 7.45. The molecule has 0 N–H and O–H groups in total. The highest BCUT2D eigenvalue weighted by molar-refractivity contribution is 6.34. The molecule has 0 aliphatic carbocycles. The number of ketones is 1. The van der Waals surface area contributed by atoms with Crippen LogP contribution in [-0.2, 0) is 6.18 Å². The summed E-state index contributed by atoms with van der Waals surface area (Å²) in [5.41, 5.74) is -1.94. The molecule has 82 valence electrons. The molecule has 0 heterocycles. The second kappa shape index (κ2) is 3.81. The Morgan fingerprint density at radius 2 is 1.87 bits per heavy atom. The zero-order valence-corrected chi connectivity index (χ0v) is 8.21. The van der Waals surface area contributed by atoms with E-state index in [-0.39, 0.29) is 0 Å². The van der Waals surface area contributed by atoms with Gasteiger partial charge in [0.15, 0.2) is 5.78 Å². The van der Waals surface area contributed by atoms with E-state index in [0.29, 0.717) is 12.1 Å². The number of Topliss-reactive ketones (excluding diaryl/α,β-unsaturated/α-hetero) is 1. The zero-order chi connectivity index (χ0) is 11.8. The summed E-state index contributed by atoms with van der Waals surface area (Å²) in [6.07, 6.45) is -4.70. The number of hydrogen-bond donors (Lipinski definition) is 0. The Morgan fingerprint density at radius 3 is 2.27 bits per heavy atom. The first kappa shape index (κ1) is 12.0. The molecule has 0 aliphatic heterocycles. The number of alkyl halides is 3. The van der Waals surface area contributed by atoms with Gasteiger partial charge in [-0.1, -0.05) is 11.6 Å². The molecule has 1 nitrogen and oxygen atoms in total. The van der Waals surface area contributed by atoms with Gasteiger partial charge in [0.1, 0.15) is 5.82 Å². The normalized spacial score (nSPS) is 11.6. The molecule has 6 heteroatoms. The van der Waals surface area contributed by atoms with E-state index in [9.17, 15) is 22.4 Å². The van der Waals surface area contributed by atoms with Crippen molar-refractivity contribution in [2.75, 3.05) is 0 Å². The predicted octanol–water partition coefficient (Wildman–Crippen LogP) is 3.70. The maximum absolute atomic E-state index is 13.0. The van der Waals surface area contributed by atoms with Crippen LogP contribution in [0.3, 0.4) is 0 Å². The van der Waals surface area contributed by atoms with E-state index in [1.165, 1.54) is 0 Å². The number of benzene rings is 1. The van der Waals surface area contributed by atoms with Crippen LogP contribution in [-0.4, -0.2) is 5.78 Å². The summed E-state index contributed by atoms with van der Waals surface area (Å²) in [6.45, 7) is 0.949. The number of carbonyl (C=O) groups is 1. The lowest BCUT2D eigenvalue weighted by atomic mass is 10.1. The van der Waals surface area contributed by atoms with E-state index in [0.717, 1.165) is 6.92 Å². The molecule has 0 radical (unpaired) electrons. The molecule has 0 bridgehead atoms. The standard InChI is InChI=1S/C9H5ClF4O/c1-4(15)7-6(11)3-2-5(8(7)10)9(12,13)14/h2-3H,1H3. The maximum Gasteiger partial charge on any atom is 0.417 e. The van der Waals surface area contributed by atoms with Crippen LogP contribution in [0.5, 0.6) is 0 Å². The van der Waals surface area contributed by atoms with Gasteiger partial charge in [-0.05, 0) is 19.1 Å². The average Bonchev–Trinajstić information content (AvgIpc) is 2.00. The molecular formula is C9H5ClF4O. The Bertz CT molecular complexity index is 411. The molecule has 15 heavy (non-hydrogen) atoms. The minimum atomic E-state index is -4.70. The summed E-state index contributed by atoms with van der Waals surface area (Å²) in [7, 11) is 0. The largest absolute Gasteiger partial charge is 0.417 e. The van der Waals surface area contributed by atoms with Crippen molar-refractivity contribution in [2.24, 2.45) is 0 Å². The minimum absolute atomic E-state index is 0.504. The van der Waals surface area contributed by atoms with E-state index in [1.54, 1.807) is 0 Å². The Labute approximate surface area is 87.7 Å². The fourth-order valence-corrected chi connectivity index (χ4v) is 1.49. The van der Waals surface area contributed by atoms with Crippen molar-refractivity contribution < 1.29 is 22.4 Å². The second-order valence-electron chi connectivity index (χ2n) is 2.84. The van der Waals surface area contributed by atoms with E-state index in [4.69, 9.17) is 11.6 Å². The third-order valence-electron chi connectivity index (χ3n) is 1.75. The average molecular weight is 241 g/mol. The third-order valence-corrected chi connectivity index (χ3v) is 2.14. The fraction of sp³-hybridized carbons (Fsp3) is 0.222. The van der Waals surface area contributed by atoms with Gasteiger partial charge in [-0.15, -0.1) is 0 Å². The van der Waals surface area contributed by atoms with E-state index < -0.39 is 33.9 Å². The lowest BCUT2D eigenvalue weighted by Gasteiger charge is -2.11. The van der Waals surface area contributed by atoms with Gasteiger partial charge < -0.3 is 0 Å². The molecule has 0 unspecified atom stereocenters. The second-order valence-corrected chi connectivity index (χ2v) is 3.22. The Kier molecular flexibility index (Phi) is 3.04. The number of halogens is 5. The van der Waals surface area contributed by atoms with Gasteiger partial charge in [0, 0.05) is 0 Å². The van der Waals surface area contributed by atoms with Crippen molar-refractivity contribution in [3.8, 4) is 0 Å². The molecule has 1 aromatic carbocycles. The molecular weight excluding hydrogens is 236 g/mol. The topological polar surface area (TPSA) is 17.1 Å². The number of carbonyl (C=O) groups excluding carboxylic acids is 1. The van der Waals surface area contributed by atoms with Gasteiger partial charge in [-0.2, -0.15) is 13.2 Å². The molecule has 0 aromatic heterocycles. The highest BCUT2D eigenvalue weighted by Crippen LogP contribution is 2.37. The SMILES string of the molecule is CC(=O)c1c(F)ccc(C(F)(F)F)c1Cl. The van der Waals surface area contributed by atoms with Crippen molar-refractivity contribution in [2.45, 2.75) is 13.1 Å². The Morgan fingerprint density at radius 1 is 1.33 bits per heavy atom. The minimum Gasteiger partial charge on any atom is -0.294 e. The maximum atomic E-state index is 13.0. The molecule has 0 aliphatic rings. The van der Waals surface area contributed by atoms with Crippen LogP contribution in [0.4, 0.5) is 17.6 Å². The monoisotopic (exact) mass is 240 g/mol. The van der Waals surface area contributed by atoms with Crippen molar-refractivity contribution in [1.82, 2.24) is 0 Å². The summed E-state index contributed by atoms with van der Waals surface area (Å²) >= 11 is 5.31. The predicted molar refractivity (Wildman–Crippen MR) is 46.4 cm³/mol. The molecule has 0 amide bonds. The van der Waals surface area contributed by atoms with Gasteiger partial charge in [-0.25, -0.2) is 4.39 Å². The number of rotatable bonds is 1. The van der Waals surface area contributed by atoms with Crippen molar-refractivity contribution in [3.05, 3.63) is 34.1 Å². The first-order valence-corrected chi connectivity index (χ1v) is 4.19. The highest BCUT2D eigenvalue weighted by atomic mass is 35.5. The third kappa shape index (κ3) is 2.28. The van der Waals surface area contributed by atoms with E-state index in [1.807, 2.05) is 0 Å². The molecule has 1 rings (SSSR count).